The van der Waals surface area contributed by atoms with Crippen molar-refractivity contribution in [3.05, 3.63) is 28.3 Å². The van der Waals surface area contributed by atoms with Gasteiger partial charge in [-0.1, -0.05) is 25.4 Å². The number of halogens is 1. The summed E-state index contributed by atoms with van der Waals surface area (Å²) in [7, 11) is 2.05. The van der Waals surface area contributed by atoms with E-state index in [1.165, 1.54) is 5.56 Å². The molecule has 2 rings (SSSR count). The van der Waals surface area contributed by atoms with E-state index < -0.39 is 0 Å². The molecule has 1 aliphatic heterocycles. The van der Waals surface area contributed by atoms with Gasteiger partial charge in [-0.25, -0.2) is 0 Å². The molecule has 0 bridgehead atoms. The number of likely N-dealkylation sites (N-methyl/N-ethyl adjacent to an activating group) is 1. The predicted molar refractivity (Wildman–Crippen MR) is 62.5 cm³/mol. The van der Waals surface area contributed by atoms with Crippen LogP contribution in [0.3, 0.4) is 0 Å². The van der Waals surface area contributed by atoms with Crippen molar-refractivity contribution >= 4 is 17.3 Å². The van der Waals surface area contributed by atoms with Crippen molar-refractivity contribution in [1.82, 2.24) is 0 Å². The fraction of sp³-hybridized carbons (Fsp3) is 0.417. The molecule has 0 atom stereocenters. The van der Waals surface area contributed by atoms with E-state index in [-0.39, 0.29) is 5.41 Å². The Bertz CT molecular complexity index is 457. The average Bonchev–Trinajstić information content (AvgIpc) is 2.36. The molecule has 3 heteroatoms. The molecule has 1 aliphatic rings. The lowest BCUT2D eigenvalue weighted by atomic mass is 9.86. The van der Waals surface area contributed by atoms with Crippen molar-refractivity contribution in [3.8, 4) is 6.07 Å². The summed E-state index contributed by atoms with van der Waals surface area (Å²) >= 11 is 6.02. The van der Waals surface area contributed by atoms with Gasteiger partial charge in [-0.05, 0) is 17.7 Å². The van der Waals surface area contributed by atoms with Crippen LogP contribution >= 0.6 is 11.6 Å². The van der Waals surface area contributed by atoms with E-state index in [2.05, 4.69) is 31.9 Å². The van der Waals surface area contributed by atoms with E-state index in [9.17, 15) is 0 Å². The third kappa shape index (κ3) is 1.48. The van der Waals surface area contributed by atoms with Gasteiger partial charge in [0.25, 0.3) is 0 Å². The Hall–Kier alpha value is -1.20. The maximum atomic E-state index is 8.94. The first kappa shape index (κ1) is 10.3. The first-order valence-corrected chi connectivity index (χ1v) is 5.29. The number of anilines is 1. The molecule has 1 heterocycles. The Morgan fingerprint density at radius 1 is 1.47 bits per heavy atom. The minimum absolute atomic E-state index is 0.0975. The van der Waals surface area contributed by atoms with Crippen LogP contribution in [0.2, 0.25) is 5.02 Å². The highest BCUT2D eigenvalue weighted by Crippen LogP contribution is 2.41. The molecule has 0 amide bonds. The Balaban J connectivity index is 2.67. The first-order valence-electron chi connectivity index (χ1n) is 4.91. The number of rotatable bonds is 0. The second kappa shape index (κ2) is 3.15. The zero-order chi connectivity index (χ0) is 11.2. The van der Waals surface area contributed by atoms with Gasteiger partial charge in [-0.2, -0.15) is 5.26 Å². The van der Waals surface area contributed by atoms with Gasteiger partial charge in [-0.15, -0.1) is 0 Å². The molecule has 1 aromatic carbocycles. The maximum Gasteiger partial charge on any atom is 0.101 e. The van der Waals surface area contributed by atoms with Gasteiger partial charge < -0.3 is 4.90 Å². The molecular formula is C12H13ClN2. The summed E-state index contributed by atoms with van der Waals surface area (Å²) in [5.41, 5.74) is 3.02. The normalized spacial score (nSPS) is 17.4. The van der Waals surface area contributed by atoms with E-state index in [1.807, 2.05) is 12.1 Å². The van der Waals surface area contributed by atoms with Crippen LogP contribution in [-0.4, -0.2) is 13.6 Å². The van der Waals surface area contributed by atoms with Gasteiger partial charge in [0.05, 0.1) is 10.6 Å². The average molecular weight is 221 g/mol. The fourth-order valence-corrected chi connectivity index (χ4v) is 2.47. The van der Waals surface area contributed by atoms with Crippen molar-refractivity contribution in [2.45, 2.75) is 19.3 Å². The smallest absolute Gasteiger partial charge is 0.101 e. The summed E-state index contributed by atoms with van der Waals surface area (Å²) in [6.45, 7) is 5.34. The van der Waals surface area contributed by atoms with Gasteiger partial charge in [-0.3, -0.25) is 0 Å². The molecule has 0 radical (unpaired) electrons. The Morgan fingerprint density at radius 2 is 2.13 bits per heavy atom. The summed E-state index contributed by atoms with van der Waals surface area (Å²) < 4.78 is 0. The Kier molecular flexibility index (Phi) is 2.17. The van der Waals surface area contributed by atoms with Crippen LogP contribution in [0.15, 0.2) is 12.1 Å². The molecule has 0 N–H and O–H groups in total. The van der Waals surface area contributed by atoms with Gasteiger partial charge in [0.1, 0.15) is 6.07 Å². The van der Waals surface area contributed by atoms with Crippen molar-refractivity contribution in [3.63, 3.8) is 0 Å². The standard InChI is InChI=1S/C12H13ClN2/c1-12(2)7-15(3)11-5-10(13)8(6-14)4-9(11)12/h4-5H,7H2,1-3H3. The molecule has 0 aliphatic carbocycles. The summed E-state index contributed by atoms with van der Waals surface area (Å²) in [5.74, 6) is 0. The minimum Gasteiger partial charge on any atom is -0.373 e. The number of fused-ring (bicyclic) bond motifs is 1. The lowest BCUT2D eigenvalue weighted by molar-refractivity contribution is 0.563. The Labute approximate surface area is 95.1 Å². The van der Waals surface area contributed by atoms with E-state index in [0.29, 0.717) is 10.6 Å². The van der Waals surface area contributed by atoms with Gasteiger partial charge >= 0.3 is 0 Å². The summed E-state index contributed by atoms with van der Waals surface area (Å²) in [4.78, 5) is 2.18. The summed E-state index contributed by atoms with van der Waals surface area (Å²) in [6.07, 6.45) is 0. The van der Waals surface area contributed by atoms with E-state index in [4.69, 9.17) is 16.9 Å². The fourth-order valence-electron chi connectivity index (χ4n) is 2.27. The largest absolute Gasteiger partial charge is 0.373 e. The van der Waals surface area contributed by atoms with E-state index in [0.717, 1.165) is 12.2 Å². The molecule has 0 saturated carbocycles. The van der Waals surface area contributed by atoms with Crippen molar-refractivity contribution in [2.24, 2.45) is 0 Å². The van der Waals surface area contributed by atoms with Gasteiger partial charge in [0.2, 0.25) is 0 Å². The quantitative estimate of drug-likeness (QED) is 0.672. The highest BCUT2D eigenvalue weighted by Gasteiger charge is 2.34. The Morgan fingerprint density at radius 3 is 2.73 bits per heavy atom. The SMILES string of the molecule is CN1CC(C)(C)c2cc(C#N)c(Cl)cc21. The lowest BCUT2D eigenvalue weighted by Crippen LogP contribution is -2.24. The number of hydrogen-bond donors (Lipinski definition) is 0. The number of nitriles is 1. The third-order valence-corrected chi connectivity index (χ3v) is 3.29. The number of nitrogens with zero attached hydrogens (tertiary/aromatic N) is 2. The highest BCUT2D eigenvalue weighted by atomic mass is 35.5. The van der Waals surface area contributed by atoms with Crippen LogP contribution in [0.25, 0.3) is 0 Å². The monoisotopic (exact) mass is 220 g/mol. The molecule has 2 nitrogen and oxygen atoms in total. The molecule has 0 saturated heterocycles. The summed E-state index contributed by atoms with van der Waals surface area (Å²) in [6, 6.07) is 5.94. The molecule has 78 valence electrons. The lowest BCUT2D eigenvalue weighted by Gasteiger charge is -2.18. The topological polar surface area (TPSA) is 27.0 Å². The maximum absolute atomic E-state index is 8.94. The zero-order valence-corrected chi connectivity index (χ0v) is 9.89. The molecule has 1 aromatic rings. The van der Waals surface area contributed by atoms with Crippen LogP contribution < -0.4 is 4.90 Å². The van der Waals surface area contributed by atoms with Crippen LogP contribution in [0, 0.1) is 11.3 Å². The molecule has 0 unspecified atom stereocenters. The van der Waals surface area contributed by atoms with Gasteiger partial charge in [0.15, 0.2) is 0 Å². The van der Waals surface area contributed by atoms with E-state index in [1.54, 1.807) is 0 Å². The summed E-state index contributed by atoms with van der Waals surface area (Å²) in [5, 5.41) is 9.48. The second-order valence-electron chi connectivity index (χ2n) is 4.70. The van der Waals surface area contributed by atoms with Crippen molar-refractivity contribution in [1.29, 1.82) is 5.26 Å². The van der Waals surface area contributed by atoms with Crippen molar-refractivity contribution < 1.29 is 0 Å². The van der Waals surface area contributed by atoms with Crippen molar-refractivity contribution in [2.75, 3.05) is 18.5 Å². The van der Waals surface area contributed by atoms with Gasteiger partial charge in [0, 0.05) is 24.7 Å². The third-order valence-electron chi connectivity index (χ3n) is 2.98. The van der Waals surface area contributed by atoms with Crippen LogP contribution in [0.4, 0.5) is 5.69 Å². The highest BCUT2D eigenvalue weighted by molar-refractivity contribution is 6.32. The first-order chi connectivity index (χ1) is 6.95. The van der Waals surface area contributed by atoms with E-state index >= 15 is 0 Å². The van der Waals surface area contributed by atoms with Crippen LogP contribution in [-0.2, 0) is 5.41 Å². The predicted octanol–water partition coefficient (Wildman–Crippen LogP) is 2.94. The molecule has 0 aromatic heterocycles. The number of hydrogen-bond acceptors (Lipinski definition) is 2. The van der Waals surface area contributed by atoms with Crippen LogP contribution in [0.5, 0.6) is 0 Å². The van der Waals surface area contributed by atoms with Crippen LogP contribution in [0.1, 0.15) is 25.0 Å². The minimum atomic E-state index is 0.0975. The second-order valence-corrected chi connectivity index (χ2v) is 5.11. The molecule has 15 heavy (non-hydrogen) atoms. The zero-order valence-electron chi connectivity index (χ0n) is 9.13. The molecule has 0 fully saturated rings. The molecule has 0 spiro atoms. The number of benzene rings is 1. The molecular weight excluding hydrogens is 208 g/mol.